The number of hydrogen-bond acceptors (Lipinski definition) is 5. The van der Waals surface area contributed by atoms with E-state index in [2.05, 4.69) is 10.2 Å². The van der Waals surface area contributed by atoms with Crippen molar-refractivity contribution < 1.29 is 19.1 Å². The van der Waals surface area contributed by atoms with Crippen LogP contribution in [0.1, 0.15) is 36.5 Å². The minimum absolute atomic E-state index is 0.0305. The van der Waals surface area contributed by atoms with Crippen LogP contribution in [-0.2, 0) is 14.3 Å². The van der Waals surface area contributed by atoms with E-state index in [1.165, 1.54) is 0 Å². The van der Waals surface area contributed by atoms with Crippen molar-refractivity contribution in [1.82, 2.24) is 9.80 Å². The lowest BCUT2D eigenvalue weighted by Gasteiger charge is -2.18. The maximum Gasteiger partial charge on any atom is 0.338 e. The zero-order chi connectivity index (χ0) is 19.8. The second-order valence-electron chi connectivity index (χ2n) is 7.10. The van der Waals surface area contributed by atoms with E-state index in [-0.39, 0.29) is 30.1 Å². The molecule has 1 atom stereocenters. The Morgan fingerprint density at radius 3 is 2.59 bits per heavy atom. The predicted molar refractivity (Wildman–Crippen MR) is 104 cm³/mol. The van der Waals surface area contributed by atoms with Crippen molar-refractivity contribution in [3.8, 4) is 0 Å². The van der Waals surface area contributed by atoms with Gasteiger partial charge in [-0.3, -0.25) is 9.59 Å². The highest BCUT2D eigenvalue weighted by molar-refractivity contribution is 5.97. The number of nitrogens with one attached hydrogen (secondary N) is 1. The maximum absolute atomic E-state index is 12.5. The van der Waals surface area contributed by atoms with Crippen molar-refractivity contribution in [1.29, 1.82) is 0 Å². The van der Waals surface area contributed by atoms with Gasteiger partial charge in [0.1, 0.15) is 0 Å². The molecule has 7 heteroatoms. The lowest BCUT2D eigenvalue weighted by molar-refractivity contribution is -0.128. The summed E-state index contributed by atoms with van der Waals surface area (Å²) in [6.07, 6.45) is 1.91. The van der Waals surface area contributed by atoms with E-state index in [0.717, 1.165) is 19.4 Å². The minimum Gasteiger partial charge on any atom is -0.462 e. The zero-order valence-corrected chi connectivity index (χ0v) is 16.4. The molecule has 0 bridgehead atoms. The van der Waals surface area contributed by atoms with Crippen LogP contribution >= 0.6 is 0 Å². The fraction of sp³-hybridized carbons (Fsp3) is 0.550. The van der Waals surface area contributed by atoms with E-state index >= 15 is 0 Å². The van der Waals surface area contributed by atoms with Crippen LogP contribution in [0.15, 0.2) is 24.3 Å². The summed E-state index contributed by atoms with van der Waals surface area (Å²) in [5.74, 6) is -0.849. The summed E-state index contributed by atoms with van der Waals surface area (Å²) < 4.78 is 5.08. The van der Waals surface area contributed by atoms with Gasteiger partial charge in [-0.05, 0) is 57.7 Å². The van der Waals surface area contributed by atoms with Crippen LogP contribution in [0, 0.1) is 5.92 Å². The molecule has 1 aromatic rings. The van der Waals surface area contributed by atoms with Crippen LogP contribution in [0.3, 0.4) is 0 Å². The molecule has 1 aliphatic rings. The van der Waals surface area contributed by atoms with Crippen LogP contribution < -0.4 is 5.32 Å². The molecule has 0 spiro atoms. The Bertz CT molecular complexity index is 658. The third-order valence-corrected chi connectivity index (χ3v) is 4.44. The van der Waals surface area contributed by atoms with E-state index in [1.54, 1.807) is 29.2 Å². The first-order chi connectivity index (χ1) is 12.9. The summed E-state index contributed by atoms with van der Waals surface area (Å²) in [6.45, 7) is 4.36. The SMILES string of the molecule is CCCOC(=O)c1ccc(NC(=O)C2CC(=O)N(CCCN(C)C)C2)cc1. The van der Waals surface area contributed by atoms with Gasteiger partial charge in [0.25, 0.3) is 0 Å². The average Bonchev–Trinajstić information content (AvgIpc) is 3.01. The maximum atomic E-state index is 12.5. The number of hydrogen-bond donors (Lipinski definition) is 1. The molecular formula is C20H29N3O4. The third-order valence-electron chi connectivity index (χ3n) is 4.44. The van der Waals surface area contributed by atoms with Crippen molar-refractivity contribution in [2.24, 2.45) is 5.92 Å². The molecule has 27 heavy (non-hydrogen) atoms. The van der Waals surface area contributed by atoms with Crippen molar-refractivity contribution in [2.75, 3.05) is 45.7 Å². The molecule has 1 fully saturated rings. The summed E-state index contributed by atoms with van der Waals surface area (Å²) >= 11 is 0. The van der Waals surface area contributed by atoms with E-state index < -0.39 is 0 Å². The van der Waals surface area contributed by atoms with Crippen LogP contribution in [0.2, 0.25) is 0 Å². The van der Waals surface area contributed by atoms with Gasteiger partial charge in [-0.25, -0.2) is 4.79 Å². The summed E-state index contributed by atoms with van der Waals surface area (Å²) in [4.78, 5) is 40.2. The van der Waals surface area contributed by atoms with Crippen LogP contribution in [0.4, 0.5) is 5.69 Å². The lowest BCUT2D eigenvalue weighted by atomic mass is 10.1. The number of carbonyl (C=O) groups excluding carboxylic acids is 3. The molecule has 1 aliphatic heterocycles. The molecule has 2 amide bonds. The zero-order valence-electron chi connectivity index (χ0n) is 16.4. The second kappa shape index (κ2) is 10.1. The Morgan fingerprint density at radius 2 is 1.96 bits per heavy atom. The molecule has 1 heterocycles. The summed E-state index contributed by atoms with van der Waals surface area (Å²) in [7, 11) is 3.99. The number of esters is 1. The fourth-order valence-electron chi connectivity index (χ4n) is 2.95. The summed E-state index contributed by atoms with van der Waals surface area (Å²) in [5, 5.41) is 2.83. The number of nitrogens with zero attached hydrogens (tertiary/aromatic N) is 2. The van der Waals surface area contributed by atoms with Gasteiger partial charge >= 0.3 is 5.97 Å². The van der Waals surface area contributed by atoms with Gasteiger partial charge in [0.05, 0.1) is 18.1 Å². The molecule has 2 rings (SSSR count). The van der Waals surface area contributed by atoms with Crippen LogP contribution in [-0.4, -0.2) is 67.9 Å². The number of carbonyl (C=O) groups is 3. The number of benzene rings is 1. The molecule has 0 aromatic heterocycles. The molecule has 0 aliphatic carbocycles. The Labute approximate surface area is 160 Å². The van der Waals surface area contributed by atoms with Gasteiger partial charge < -0.3 is 19.9 Å². The molecule has 0 saturated carbocycles. The molecule has 1 unspecified atom stereocenters. The Morgan fingerprint density at radius 1 is 1.26 bits per heavy atom. The first-order valence-electron chi connectivity index (χ1n) is 9.41. The van der Waals surface area contributed by atoms with Gasteiger partial charge in [0, 0.05) is 25.2 Å². The van der Waals surface area contributed by atoms with Crippen molar-refractivity contribution in [2.45, 2.75) is 26.2 Å². The predicted octanol–water partition coefficient (Wildman–Crippen LogP) is 1.99. The lowest BCUT2D eigenvalue weighted by Crippen LogP contribution is -2.30. The van der Waals surface area contributed by atoms with Crippen molar-refractivity contribution >= 4 is 23.5 Å². The molecular weight excluding hydrogens is 346 g/mol. The molecule has 7 nitrogen and oxygen atoms in total. The number of ether oxygens (including phenoxy) is 1. The number of anilines is 1. The first-order valence-corrected chi connectivity index (χ1v) is 9.41. The Hall–Kier alpha value is -2.41. The highest BCUT2D eigenvalue weighted by Crippen LogP contribution is 2.20. The van der Waals surface area contributed by atoms with E-state index in [1.807, 2.05) is 21.0 Å². The molecule has 0 radical (unpaired) electrons. The molecule has 1 N–H and O–H groups in total. The van der Waals surface area contributed by atoms with Gasteiger partial charge in [-0.15, -0.1) is 0 Å². The standard InChI is InChI=1S/C20H29N3O4/c1-4-12-27-20(26)15-6-8-17(9-7-15)21-19(25)16-13-18(24)23(14-16)11-5-10-22(2)3/h6-9,16H,4-5,10-14H2,1-3H3,(H,21,25). The molecule has 148 valence electrons. The summed E-state index contributed by atoms with van der Waals surface area (Å²) in [6, 6.07) is 6.60. The van der Waals surface area contributed by atoms with E-state index in [9.17, 15) is 14.4 Å². The van der Waals surface area contributed by atoms with Gasteiger partial charge in [-0.1, -0.05) is 6.92 Å². The Kier molecular flexibility index (Phi) is 7.79. The summed E-state index contributed by atoms with van der Waals surface area (Å²) in [5.41, 5.74) is 1.05. The molecule has 1 aromatic carbocycles. The molecule has 1 saturated heterocycles. The second-order valence-corrected chi connectivity index (χ2v) is 7.10. The van der Waals surface area contributed by atoms with Crippen molar-refractivity contribution in [3.05, 3.63) is 29.8 Å². The smallest absolute Gasteiger partial charge is 0.338 e. The number of rotatable bonds is 9. The fourth-order valence-corrected chi connectivity index (χ4v) is 2.95. The minimum atomic E-state index is -0.371. The number of amides is 2. The van der Waals surface area contributed by atoms with Gasteiger partial charge in [-0.2, -0.15) is 0 Å². The van der Waals surface area contributed by atoms with Crippen LogP contribution in [0.25, 0.3) is 0 Å². The highest BCUT2D eigenvalue weighted by atomic mass is 16.5. The van der Waals surface area contributed by atoms with Gasteiger partial charge in [0.2, 0.25) is 11.8 Å². The quantitative estimate of drug-likeness (QED) is 0.668. The van der Waals surface area contributed by atoms with Gasteiger partial charge in [0.15, 0.2) is 0 Å². The average molecular weight is 375 g/mol. The highest BCUT2D eigenvalue weighted by Gasteiger charge is 2.33. The van der Waals surface area contributed by atoms with Crippen LogP contribution in [0.5, 0.6) is 0 Å². The normalized spacial score (nSPS) is 16.7. The number of likely N-dealkylation sites (tertiary alicyclic amines) is 1. The van der Waals surface area contributed by atoms with Crippen molar-refractivity contribution in [3.63, 3.8) is 0 Å². The first kappa shape index (κ1) is 20.9. The monoisotopic (exact) mass is 375 g/mol. The Balaban J connectivity index is 1.84. The third kappa shape index (κ3) is 6.36. The largest absolute Gasteiger partial charge is 0.462 e. The van der Waals surface area contributed by atoms with E-state index in [4.69, 9.17) is 4.74 Å². The van der Waals surface area contributed by atoms with E-state index in [0.29, 0.717) is 30.9 Å². The topological polar surface area (TPSA) is 78.9 Å².